The van der Waals surface area contributed by atoms with Crippen molar-refractivity contribution >= 4 is 5.91 Å². The third-order valence-electron chi connectivity index (χ3n) is 3.28. The Bertz CT molecular complexity index is 220. The van der Waals surface area contributed by atoms with E-state index >= 15 is 0 Å². The van der Waals surface area contributed by atoms with Gasteiger partial charge in [0.05, 0.1) is 6.04 Å². The van der Waals surface area contributed by atoms with E-state index in [9.17, 15) is 4.79 Å². The van der Waals surface area contributed by atoms with E-state index in [-0.39, 0.29) is 11.9 Å². The van der Waals surface area contributed by atoms with Crippen molar-refractivity contribution in [2.45, 2.75) is 39.3 Å². The number of carbonyl (C=O) groups excluding carboxylic acids is 1. The second-order valence-corrected chi connectivity index (χ2v) is 4.50. The zero-order valence-corrected chi connectivity index (χ0v) is 9.99. The Labute approximate surface area is 92.2 Å². The van der Waals surface area contributed by atoms with Crippen LogP contribution >= 0.6 is 0 Å². The molecule has 1 amide bonds. The van der Waals surface area contributed by atoms with Gasteiger partial charge in [0, 0.05) is 25.7 Å². The maximum atomic E-state index is 11.6. The molecule has 88 valence electrons. The molecule has 1 fully saturated rings. The molecule has 4 heteroatoms. The zero-order valence-electron chi connectivity index (χ0n) is 9.99. The number of nitrogens with one attached hydrogen (secondary N) is 1. The second kappa shape index (κ2) is 5.47. The summed E-state index contributed by atoms with van der Waals surface area (Å²) in [6, 6.07) is 0.266. The summed E-state index contributed by atoms with van der Waals surface area (Å²) in [5, 5.41) is 2.86. The molecular formula is C11H23N3O. The molecule has 0 radical (unpaired) electrons. The first kappa shape index (κ1) is 12.5. The van der Waals surface area contributed by atoms with Gasteiger partial charge >= 0.3 is 0 Å². The van der Waals surface area contributed by atoms with Crippen molar-refractivity contribution in [3.8, 4) is 0 Å². The van der Waals surface area contributed by atoms with Gasteiger partial charge in [-0.25, -0.2) is 0 Å². The fourth-order valence-corrected chi connectivity index (χ4v) is 2.04. The molecule has 0 aromatic carbocycles. The summed E-state index contributed by atoms with van der Waals surface area (Å²) >= 11 is 0. The predicted octanol–water partition coefficient (Wildman–Crippen LogP) is 0.180. The monoisotopic (exact) mass is 213 g/mol. The van der Waals surface area contributed by atoms with Crippen molar-refractivity contribution in [3.05, 3.63) is 0 Å². The van der Waals surface area contributed by atoms with E-state index in [2.05, 4.69) is 17.1 Å². The van der Waals surface area contributed by atoms with Crippen LogP contribution in [0.2, 0.25) is 0 Å². The molecular weight excluding hydrogens is 190 g/mol. The number of amides is 1. The molecule has 0 aromatic heterocycles. The Morgan fingerprint density at radius 3 is 2.87 bits per heavy atom. The molecule has 1 rings (SSSR count). The molecule has 1 saturated heterocycles. The number of likely N-dealkylation sites (tertiary alicyclic amines) is 1. The van der Waals surface area contributed by atoms with Gasteiger partial charge in [-0.15, -0.1) is 0 Å². The number of piperidine rings is 1. The van der Waals surface area contributed by atoms with Gasteiger partial charge in [-0.3, -0.25) is 9.69 Å². The number of rotatable bonds is 3. The summed E-state index contributed by atoms with van der Waals surface area (Å²) in [4.78, 5) is 13.9. The third kappa shape index (κ3) is 3.18. The van der Waals surface area contributed by atoms with Crippen molar-refractivity contribution in [2.75, 3.05) is 19.6 Å². The van der Waals surface area contributed by atoms with Gasteiger partial charge in [-0.1, -0.05) is 6.92 Å². The first-order valence-corrected chi connectivity index (χ1v) is 5.83. The van der Waals surface area contributed by atoms with Crippen LogP contribution in [0.3, 0.4) is 0 Å². The minimum atomic E-state index is -0.0279. The van der Waals surface area contributed by atoms with Crippen LogP contribution in [0.15, 0.2) is 0 Å². The van der Waals surface area contributed by atoms with Crippen LogP contribution < -0.4 is 11.1 Å². The average Bonchev–Trinajstić information content (AvgIpc) is 2.21. The van der Waals surface area contributed by atoms with Crippen LogP contribution in [0.1, 0.15) is 27.2 Å². The van der Waals surface area contributed by atoms with E-state index in [0.29, 0.717) is 18.5 Å². The van der Waals surface area contributed by atoms with Gasteiger partial charge in [0.15, 0.2) is 0 Å². The van der Waals surface area contributed by atoms with Crippen LogP contribution in [0, 0.1) is 5.92 Å². The van der Waals surface area contributed by atoms with Crippen LogP contribution in [0.4, 0.5) is 0 Å². The highest BCUT2D eigenvalue weighted by atomic mass is 16.2. The molecule has 0 aromatic rings. The number of hydrogen-bond donors (Lipinski definition) is 2. The Morgan fingerprint density at radius 2 is 2.33 bits per heavy atom. The summed E-state index contributed by atoms with van der Waals surface area (Å²) in [5.74, 6) is 0.607. The summed E-state index contributed by atoms with van der Waals surface area (Å²) in [7, 11) is 0. The maximum absolute atomic E-state index is 11.6. The van der Waals surface area contributed by atoms with E-state index < -0.39 is 0 Å². The summed E-state index contributed by atoms with van der Waals surface area (Å²) < 4.78 is 0. The number of likely N-dealkylation sites (N-methyl/N-ethyl adjacent to an activating group) is 1. The SMILES string of the molecule is CCNC(=O)C(C)N1CCC(N)C(C)C1. The highest BCUT2D eigenvalue weighted by molar-refractivity contribution is 5.81. The molecule has 1 aliphatic heterocycles. The summed E-state index contributed by atoms with van der Waals surface area (Å²) in [6.07, 6.45) is 0.991. The zero-order chi connectivity index (χ0) is 11.4. The average molecular weight is 213 g/mol. The molecule has 3 N–H and O–H groups in total. The highest BCUT2D eigenvalue weighted by Crippen LogP contribution is 2.17. The third-order valence-corrected chi connectivity index (χ3v) is 3.28. The largest absolute Gasteiger partial charge is 0.355 e. The van der Waals surface area contributed by atoms with Crippen molar-refractivity contribution in [2.24, 2.45) is 11.7 Å². The number of carbonyl (C=O) groups is 1. The molecule has 0 saturated carbocycles. The Morgan fingerprint density at radius 1 is 1.67 bits per heavy atom. The molecule has 3 unspecified atom stereocenters. The Balaban J connectivity index is 2.46. The van der Waals surface area contributed by atoms with Crippen LogP contribution in [-0.4, -0.2) is 42.5 Å². The van der Waals surface area contributed by atoms with Crippen LogP contribution in [0.5, 0.6) is 0 Å². The normalized spacial score (nSPS) is 29.9. The van der Waals surface area contributed by atoms with E-state index in [4.69, 9.17) is 5.73 Å². The number of hydrogen-bond acceptors (Lipinski definition) is 3. The topological polar surface area (TPSA) is 58.4 Å². The van der Waals surface area contributed by atoms with Crippen LogP contribution in [0.25, 0.3) is 0 Å². The molecule has 0 bridgehead atoms. The molecule has 0 aliphatic carbocycles. The van der Waals surface area contributed by atoms with Gasteiger partial charge in [0.25, 0.3) is 0 Å². The minimum absolute atomic E-state index is 0.0279. The highest BCUT2D eigenvalue weighted by Gasteiger charge is 2.28. The smallest absolute Gasteiger partial charge is 0.237 e. The fourth-order valence-electron chi connectivity index (χ4n) is 2.04. The van der Waals surface area contributed by atoms with Crippen molar-refractivity contribution in [3.63, 3.8) is 0 Å². The lowest BCUT2D eigenvalue weighted by Gasteiger charge is -2.37. The van der Waals surface area contributed by atoms with Gasteiger partial charge in [0.2, 0.25) is 5.91 Å². The van der Waals surface area contributed by atoms with Crippen molar-refractivity contribution in [1.82, 2.24) is 10.2 Å². The maximum Gasteiger partial charge on any atom is 0.237 e. The summed E-state index contributed by atoms with van der Waals surface area (Å²) in [5.41, 5.74) is 5.95. The lowest BCUT2D eigenvalue weighted by Crippen LogP contribution is -2.53. The first-order valence-electron chi connectivity index (χ1n) is 5.83. The lowest BCUT2D eigenvalue weighted by molar-refractivity contribution is -0.126. The van der Waals surface area contributed by atoms with E-state index in [1.54, 1.807) is 0 Å². The van der Waals surface area contributed by atoms with Gasteiger partial charge in [-0.2, -0.15) is 0 Å². The summed E-state index contributed by atoms with van der Waals surface area (Å²) in [6.45, 7) is 8.63. The molecule has 1 aliphatic rings. The second-order valence-electron chi connectivity index (χ2n) is 4.50. The van der Waals surface area contributed by atoms with Gasteiger partial charge in [-0.05, 0) is 26.2 Å². The quantitative estimate of drug-likeness (QED) is 0.703. The Kier molecular flexibility index (Phi) is 4.54. The van der Waals surface area contributed by atoms with Gasteiger partial charge in [0.1, 0.15) is 0 Å². The number of nitrogens with two attached hydrogens (primary N) is 1. The molecule has 1 heterocycles. The van der Waals surface area contributed by atoms with Crippen LogP contribution in [-0.2, 0) is 4.79 Å². The molecule has 0 spiro atoms. The fraction of sp³-hybridized carbons (Fsp3) is 0.909. The molecule has 3 atom stereocenters. The van der Waals surface area contributed by atoms with Gasteiger partial charge < -0.3 is 11.1 Å². The number of nitrogens with zero attached hydrogens (tertiary/aromatic N) is 1. The Hall–Kier alpha value is -0.610. The van der Waals surface area contributed by atoms with E-state index in [1.807, 2.05) is 13.8 Å². The van der Waals surface area contributed by atoms with Crippen molar-refractivity contribution < 1.29 is 4.79 Å². The lowest BCUT2D eigenvalue weighted by atomic mass is 9.94. The van der Waals surface area contributed by atoms with E-state index in [0.717, 1.165) is 19.5 Å². The first-order chi connectivity index (χ1) is 7.06. The predicted molar refractivity (Wildman–Crippen MR) is 61.5 cm³/mol. The van der Waals surface area contributed by atoms with E-state index in [1.165, 1.54) is 0 Å². The molecule has 4 nitrogen and oxygen atoms in total. The standard InChI is InChI=1S/C11H23N3O/c1-4-13-11(15)9(3)14-6-5-10(12)8(2)7-14/h8-10H,4-7,12H2,1-3H3,(H,13,15). The molecule has 15 heavy (non-hydrogen) atoms. The minimum Gasteiger partial charge on any atom is -0.355 e. The van der Waals surface area contributed by atoms with Crippen molar-refractivity contribution in [1.29, 1.82) is 0 Å².